The second-order valence-electron chi connectivity index (χ2n) is 8.97. The van der Waals surface area contributed by atoms with E-state index in [0.29, 0.717) is 35.7 Å². The van der Waals surface area contributed by atoms with Gasteiger partial charge in [0, 0.05) is 12.8 Å². The third-order valence-corrected chi connectivity index (χ3v) is 8.37. The van der Waals surface area contributed by atoms with Gasteiger partial charge in [0.1, 0.15) is 33.3 Å². The van der Waals surface area contributed by atoms with Gasteiger partial charge in [-0.2, -0.15) is 0 Å². The average molecular weight is 603 g/mol. The van der Waals surface area contributed by atoms with Crippen molar-refractivity contribution in [3.05, 3.63) is 56.6 Å². The molecule has 0 amide bonds. The molecule has 2 heterocycles. The zero-order valence-electron chi connectivity index (χ0n) is 20.9. The molecule has 0 saturated heterocycles. The lowest BCUT2D eigenvalue weighted by Gasteiger charge is -2.15. The molecule has 14 heteroatoms. The summed E-state index contributed by atoms with van der Waals surface area (Å²) in [5, 5.41) is 8.47. The zero-order chi connectivity index (χ0) is 28.9. The quantitative estimate of drug-likeness (QED) is 0.101. The highest BCUT2D eigenvalue weighted by atomic mass is 32.1. The topological polar surface area (TPSA) is 51.6 Å². The fourth-order valence-corrected chi connectivity index (χ4v) is 6.17. The number of halogens is 8. The molecule has 0 unspecified atom stereocenters. The van der Waals surface area contributed by atoms with Gasteiger partial charge in [0.2, 0.25) is 0 Å². The van der Waals surface area contributed by atoms with Gasteiger partial charge >= 0.3 is 0 Å². The summed E-state index contributed by atoms with van der Waals surface area (Å²) in [6.07, 6.45) is 3.73. The molecule has 0 aliphatic carbocycles. The minimum absolute atomic E-state index is 0.366. The molecule has 0 aliphatic rings. The first-order valence-corrected chi connectivity index (χ1v) is 13.9. The Morgan fingerprint density at radius 1 is 0.450 bits per heavy atom. The van der Waals surface area contributed by atoms with Crippen LogP contribution < -0.4 is 0 Å². The van der Waals surface area contributed by atoms with Crippen molar-refractivity contribution < 1.29 is 35.1 Å². The Morgan fingerprint density at radius 3 is 1.15 bits per heavy atom. The van der Waals surface area contributed by atoms with E-state index in [4.69, 9.17) is 0 Å². The molecule has 4 nitrogen and oxygen atoms in total. The Labute approximate surface area is 229 Å². The van der Waals surface area contributed by atoms with E-state index >= 15 is 35.1 Å². The van der Waals surface area contributed by atoms with Crippen molar-refractivity contribution in [3.8, 4) is 21.1 Å². The number of benzene rings is 3. The molecule has 0 saturated carbocycles. The monoisotopic (exact) mass is 602 g/mol. The van der Waals surface area contributed by atoms with Crippen LogP contribution >= 0.6 is 22.7 Å². The summed E-state index contributed by atoms with van der Waals surface area (Å²) in [6, 6.07) is 0. The van der Waals surface area contributed by atoms with Gasteiger partial charge in [-0.15, -0.1) is 20.4 Å². The largest absolute Gasteiger partial charge is 0.205 e. The maximum Gasteiger partial charge on any atom is 0.172 e. The van der Waals surface area contributed by atoms with Crippen molar-refractivity contribution in [2.45, 2.75) is 52.4 Å². The first-order valence-electron chi connectivity index (χ1n) is 12.2. The fraction of sp³-hybridized carbons (Fsp3) is 0.308. The van der Waals surface area contributed by atoms with E-state index in [-0.39, 0.29) is 0 Å². The number of hydrogen-bond acceptors (Lipinski definition) is 6. The van der Waals surface area contributed by atoms with E-state index in [1.54, 1.807) is 0 Å². The summed E-state index contributed by atoms with van der Waals surface area (Å²) in [6.45, 7) is 3.80. The number of nitrogens with zero attached hydrogens (tertiary/aromatic N) is 4. The predicted octanol–water partition coefficient (Wildman–Crippen LogP) is 8.83. The van der Waals surface area contributed by atoms with Gasteiger partial charge < -0.3 is 0 Å². The van der Waals surface area contributed by atoms with Crippen LogP contribution in [0.3, 0.4) is 0 Å². The number of aromatic nitrogens is 4. The maximum absolute atomic E-state index is 15.8. The van der Waals surface area contributed by atoms with Gasteiger partial charge in [-0.05, 0) is 12.8 Å². The first kappa shape index (κ1) is 28.3. The summed E-state index contributed by atoms with van der Waals surface area (Å²) in [5.74, 6) is -15.7. The van der Waals surface area contributed by atoms with E-state index in [1.165, 1.54) is 0 Å². The summed E-state index contributed by atoms with van der Waals surface area (Å²) < 4.78 is 123. The third kappa shape index (κ3) is 4.41. The molecule has 0 radical (unpaired) electrons. The average Bonchev–Trinajstić information content (AvgIpc) is 3.59. The molecule has 0 bridgehead atoms. The van der Waals surface area contributed by atoms with Crippen molar-refractivity contribution >= 4 is 44.2 Å². The van der Waals surface area contributed by atoms with Crippen LogP contribution in [-0.2, 0) is 12.8 Å². The molecule has 0 N–H and O–H groups in total. The van der Waals surface area contributed by atoms with E-state index in [2.05, 4.69) is 20.4 Å². The number of aryl methyl sites for hydroxylation is 2. The SMILES string of the molecule is CCCCc1nnc(-c2c(F)c(F)c3c(F)c4c(F)c(F)c(-c5nnc(CCCC)s5)c(F)c4c(F)c3c2F)s1. The lowest BCUT2D eigenvalue weighted by atomic mass is 9.96. The van der Waals surface area contributed by atoms with Crippen LogP contribution in [0.5, 0.6) is 0 Å². The van der Waals surface area contributed by atoms with Crippen molar-refractivity contribution in [3.63, 3.8) is 0 Å². The second kappa shape index (κ2) is 11.0. The Bertz CT molecular complexity index is 1660. The minimum Gasteiger partial charge on any atom is -0.205 e. The molecular formula is C26H18F8N4S2. The molecule has 5 rings (SSSR count). The van der Waals surface area contributed by atoms with E-state index in [9.17, 15) is 0 Å². The molecule has 0 fully saturated rings. The van der Waals surface area contributed by atoms with Crippen LogP contribution in [-0.4, -0.2) is 20.4 Å². The van der Waals surface area contributed by atoms with Gasteiger partial charge in [-0.3, -0.25) is 0 Å². The molecule has 0 atom stereocenters. The molecule has 2 aromatic heterocycles. The molecule has 210 valence electrons. The van der Waals surface area contributed by atoms with Crippen LogP contribution in [0.25, 0.3) is 42.7 Å². The van der Waals surface area contributed by atoms with Crippen molar-refractivity contribution in [2.75, 3.05) is 0 Å². The number of hydrogen-bond donors (Lipinski definition) is 0. The molecule has 5 aromatic rings. The van der Waals surface area contributed by atoms with Crippen LogP contribution in [0.15, 0.2) is 0 Å². The highest BCUT2D eigenvalue weighted by Gasteiger charge is 2.34. The summed E-state index contributed by atoms with van der Waals surface area (Å²) >= 11 is 1.44. The highest BCUT2D eigenvalue weighted by Crippen LogP contribution is 2.44. The van der Waals surface area contributed by atoms with Crippen LogP contribution in [0.1, 0.15) is 49.5 Å². The first-order chi connectivity index (χ1) is 19.1. The maximum atomic E-state index is 15.8. The Morgan fingerprint density at radius 2 is 0.800 bits per heavy atom. The zero-order valence-corrected chi connectivity index (χ0v) is 22.5. The smallest absolute Gasteiger partial charge is 0.172 e. The standard InChI is InChI=1S/C26H18F8N4S2/c1-3-5-7-9-35-37-25(39-9)15-19(29)11-13(21(31)23(15)33)18(28)14-12(17(11)27)20(30)16(24(34)22(14)32)26-38-36-10(40-26)8-6-4-2/h3-8H2,1-2H3. The van der Waals surface area contributed by atoms with Crippen molar-refractivity contribution in [1.29, 1.82) is 0 Å². The minimum atomic E-state index is -2.08. The van der Waals surface area contributed by atoms with Crippen molar-refractivity contribution in [2.24, 2.45) is 0 Å². The van der Waals surface area contributed by atoms with Gasteiger partial charge in [-0.1, -0.05) is 49.4 Å². The Balaban J connectivity index is 1.82. The fourth-order valence-electron chi connectivity index (χ4n) is 4.34. The molecule has 0 aliphatic heterocycles. The van der Waals surface area contributed by atoms with Crippen LogP contribution in [0, 0.1) is 46.5 Å². The predicted molar refractivity (Wildman–Crippen MR) is 136 cm³/mol. The normalized spacial score (nSPS) is 11.8. The van der Waals surface area contributed by atoms with Gasteiger partial charge in [0.15, 0.2) is 33.3 Å². The van der Waals surface area contributed by atoms with Crippen molar-refractivity contribution in [1.82, 2.24) is 20.4 Å². The highest BCUT2D eigenvalue weighted by molar-refractivity contribution is 7.15. The molecule has 0 spiro atoms. The molecule has 40 heavy (non-hydrogen) atoms. The lowest BCUT2D eigenvalue weighted by Crippen LogP contribution is -2.06. The van der Waals surface area contributed by atoms with Gasteiger partial charge in [0.25, 0.3) is 0 Å². The van der Waals surface area contributed by atoms with E-state index in [0.717, 1.165) is 35.5 Å². The van der Waals surface area contributed by atoms with Crippen LogP contribution in [0.4, 0.5) is 35.1 Å². The molecule has 3 aromatic carbocycles. The summed E-state index contributed by atoms with van der Waals surface area (Å²) in [5.41, 5.74) is -2.29. The molecular weight excluding hydrogens is 584 g/mol. The Hall–Kier alpha value is -3.26. The third-order valence-electron chi connectivity index (χ3n) is 6.37. The summed E-state index contributed by atoms with van der Waals surface area (Å²) in [7, 11) is 0. The number of fused-ring (bicyclic) bond motifs is 2. The van der Waals surface area contributed by atoms with Gasteiger partial charge in [-0.25, -0.2) is 35.1 Å². The number of unbranched alkanes of at least 4 members (excludes halogenated alkanes) is 2. The van der Waals surface area contributed by atoms with E-state index in [1.807, 2.05) is 13.8 Å². The number of rotatable bonds is 8. The summed E-state index contributed by atoms with van der Waals surface area (Å²) in [4.78, 5) is 0. The van der Waals surface area contributed by atoms with Gasteiger partial charge in [0.05, 0.1) is 32.7 Å². The second-order valence-corrected chi connectivity index (χ2v) is 11.1. The van der Waals surface area contributed by atoms with E-state index < -0.39 is 89.2 Å². The van der Waals surface area contributed by atoms with Crippen LogP contribution in [0.2, 0.25) is 0 Å². The Kier molecular flexibility index (Phi) is 7.75. The lowest BCUT2D eigenvalue weighted by molar-refractivity contribution is 0.494.